The summed E-state index contributed by atoms with van der Waals surface area (Å²) in [7, 11) is 4.63. The molecule has 0 saturated heterocycles. The maximum Gasteiger partial charge on any atom is 0.250 e. The summed E-state index contributed by atoms with van der Waals surface area (Å²) in [6.45, 7) is 0. The maximum atomic E-state index is 5.96. The van der Waals surface area contributed by atoms with Crippen LogP contribution in [0.4, 0.5) is 5.82 Å². The van der Waals surface area contributed by atoms with Gasteiger partial charge in [0.15, 0.2) is 23.1 Å². The highest BCUT2D eigenvalue weighted by Gasteiger charge is 2.28. The predicted molar refractivity (Wildman–Crippen MR) is 116 cm³/mol. The van der Waals surface area contributed by atoms with Gasteiger partial charge in [0.1, 0.15) is 0 Å². The topological polar surface area (TPSA) is 77.9 Å². The van der Waals surface area contributed by atoms with Gasteiger partial charge >= 0.3 is 0 Å². The van der Waals surface area contributed by atoms with Crippen molar-refractivity contribution in [1.82, 2.24) is 9.97 Å². The highest BCUT2D eigenvalue weighted by atomic mass is 35.6. The molecule has 0 radical (unpaired) electrons. The summed E-state index contributed by atoms with van der Waals surface area (Å²) in [6.07, 6.45) is 1.58. The summed E-state index contributed by atoms with van der Waals surface area (Å²) in [4.78, 5) is 8.59. The molecule has 1 aromatic heterocycles. The number of hydrazone groups is 1. The fourth-order valence-electron chi connectivity index (χ4n) is 2.63. The van der Waals surface area contributed by atoms with E-state index in [1.807, 2.05) is 18.2 Å². The molecule has 1 heterocycles. The summed E-state index contributed by atoms with van der Waals surface area (Å²) in [5.41, 5.74) is 4.22. The van der Waals surface area contributed by atoms with Gasteiger partial charge in [-0.1, -0.05) is 46.9 Å². The molecular formula is C19H17Cl3N4O3. The van der Waals surface area contributed by atoms with E-state index in [1.54, 1.807) is 38.6 Å². The maximum absolute atomic E-state index is 5.96. The summed E-state index contributed by atoms with van der Waals surface area (Å²) in [5.74, 6) is 1.97. The van der Waals surface area contributed by atoms with Crippen molar-refractivity contribution in [1.29, 1.82) is 0 Å². The lowest BCUT2D eigenvalue weighted by molar-refractivity contribution is 0.324. The van der Waals surface area contributed by atoms with E-state index in [1.165, 1.54) is 7.11 Å². The Morgan fingerprint density at radius 1 is 0.966 bits per heavy atom. The van der Waals surface area contributed by atoms with Gasteiger partial charge in [-0.2, -0.15) is 5.10 Å². The molecule has 0 aliphatic carbocycles. The second-order valence-corrected chi connectivity index (χ2v) is 8.02. The SMILES string of the molecule is COc1cc(/C=N\Nc2nc(C(Cl)(Cl)Cl)nc3ccccc23)cc(OC)c1OC. The van der Waals surface area contributed by atoms with Crippen LogP contribution in [0.3, 0.4) is 0 Å². The molecule has 1 N–H and O–H groups in total. The number of nitrogens with zero attached hydrogens (tertiary/aromatic N) is 3. The number of hydrogen-bond donors (Lipinski definition) is 1. The van der Waals surface area contributed by atoms with Crippen LogP contribution >= 0.6 is 34.8 Å². The summed E-state index contributed by atoms with van der Waals surface area (Å²) in [6, 6.07) is 10.9. The Morgan fingerprint density at radius 3 is 2.21 bits per heavy atom. The minimum absolute atomic E-state index is 0.0479. The highest BCUT2D eigenvalue weighted by molar-refractivity contribution is 6.66. The van der Waals surface area contributed by atoms with Crippen molar-refractivity contribution in [2.75, 3.05) is 26.8 Å². The van der Waals surface area contributed by atoms with Gasteiger partial charge in [-0.15, -0.1) is 0 Å². The average molecular weight is 456 g/mol. The Hall–Kier alpha value is -2.48. The molecule has 0 bridgehead atoms. The van der Waals surface area contributed by atoms with Gasteiger partial charge in [-0.25, -0.2) is 9.97 Å². The quantitative estimate of drug-likeness (QED) is 0.323. The van der Waals surface area contributed by atoms with E-state index in [9.17, 15) is 0 Å². The lowest BCUT2D eigenvalue weighted by atomic mass is 10.2. The lowest BCUT2D eigenvalue weighted by Gasteiger charge is -2.13. The molecule has 3 rings (SSSR count). The molecule has 10 heteroatoms. The fourth-order valence-corrected chi connectivity index (χ4v) is 2.89. The first kappa shape index (κ1) is 21.2. The zero-order valence-corrected chi connectivity index (χ0v) is 18.0. The van der Waals surface area contributed by atoms with E-state index < -0.39 is 3.79 Å². The van der Waals surface area contributed by atoms with Crippen molar-refractivity contribution < 1.29 is 14.2 Å². The minimum Gasteiger partial charge on any atom is -0.493 e. The van der Waals surface area contributed by atoms with Crippen LogP contribution in [0, 0.1) is 0 Å². The van der Waals surface area contributed by atoms with E-state index in [0.717, 1.165) is 5.39 Å². The van der Waals surface area contributed by atoms with Crippen LogP contribution < -0.4 is 19.6 Å². The number of hydrogen-bond acceptors (Lipinski definition) is 7. The van der Waals surface area contributed by atoms with Gasteiger partial charge in [0.05, 0.1) is 33.1 Å². The number of para-hydroxylation sites is 1. The van der Waals surface area contributed by atoms with Gasteiger partial charge in [-0.05, 0) is 24.3 Å². The lowest BCUT2D eigenvalue weighted by Crippen LogP contribution is -2.09. The Balaban J connectivity index is 1.95. The molecule has 0 amide bonds. The van der Waals surface area contributed by atoms with Crippen LogP contribution in [0.25, 0.3) is 10.9 Å². The molecular weight excluding hydrogens is 439 g/mol. The van der Waals surface area contributed by atoms with Crippen LogP contribution in [-0.2, 0) is 3.79 Å². The number of alkyl halides is 3. The number of aromatic nitrogens is 2. The third kappa shape index (κ3) is 4.75. The van der Waals surface area contributed by atoms with E-state index in [2.05, 4.69) is 20.5 Å². The first-order chi connectivity index (χ1) is 13.9. The Kier molecular flexibility index (Phi) is 6.52. The van der Waals surface area contributed by atoms with Crippen molar-refractivity contribution in [2.24, 2.45) is 5.10 Å². The zero-order valence-electron chi connectivity index (χ0n) is 15.7. The minimum atomic E-state index is -1.76. The number of fused-ring (bicyclic) bond motifs is 1. The van der Waals surface area contributed by atoms with Crippen LogP contribution in [0.15, 0.2) is 41.5 Å². The average Bonchev–Trinajstić information content (AvgIpc) is 2.72. The molecule has 152 valence electrons. The number of rotatable bonds is 6. The normalized spacial score (nSPS) is 11.7. The molecule has 0 saturated carbocycles. The first-order valence-electron chi connectivity index (χ1n) is 8.30. The molecule has 2 aromatic carbocycles. The Bertz CT molecular complexity index is 1030. The number of methoxy groups -OCH3 is 3. The number of benzene rings is 2. The van der Waals surface area contributed by atoms with Gasteiger partial charge in [-0.3, -0.25) is 5.43 Å². The second-order valence-electron chi connectivity index (χ2n) is 5.74. The van der Waals surface area contributed by atoms with Gasteiger partial charge in [0.2, 0.25) is 9.54 Å². The molecule has 7 nitrogen and oxygen atoms in total. The van der Waals surface area contributed by atoms with E-state index in [0.29, 0.717) is 34.1 Å². The van der Waals surface area contributed by atoms with Crippen molar-refractivity contribution in [2.45, 2.75) is 3.79 Å². The smallest absolute Gasteiger partial charge is 0.250 e. The van der Waals surface area contributed by atoms with Crippen molar-refractivity contribution in [3.05, 3.63) is 47.8 Å². The number of nitrogens with one attached hydrogen (secondary N) is 1. The monoisotopic (exact) mass is 454 g/mol. The van der Waals surface area contributed by atoms with Crippen LogP contribution in [0.5, 0.6) is 17.2 Å². The zero-order chi connectivity index (χ0) is 21.0. The third-order valence-corrected chi connectivity index (χ3v) is 4.43. The van der Waals surface area contributed by atoms with Crippen molar-refractivity contribution in [3.63, 3.8) is 0 Å². The molecule has 0 aliphatic rings. The number of ether oxygens (including phenoxy) is 3. The van der Waals surface area contributed by atoms with Gasteiger partial charge in [0, 0.05) is 10.9 Å². The van der Waals surface area contributed by atoms with E-state index in [-0.39, 0.29) is 5.82 Å². The first-order valence-corrected chi connectivity index (χ1v) is 9.43. The van der Waals surface area contributed by atoms with Crippen LogP contribution in [-0.4, -0.2) is 37.5 Å². The number of anilines is 1. The summed E-state index contributed by atoms with van der Waals surface area (Å²) < 4.78 is 14.2. The molecule has 0 fully saturated rings. The molecule has 0 aliphatic heterocycles. The molecule has 0 unspecified atom stereocenters. The summed E-state index contributed by atoms with van der Waals surface area (Å²) >= 11 is 17.9. The molecule has 0 atom stereocenters. The second kappa shape index (κ2) is 8.90. The van der Waals surface area contributed by atoms with Gasteiger partial charge in [0.25, 0.3) is 0 Å². The fraction of sp³-hybridized carbons (Fsp3) is 0.211. The highest BCUT2D eigenvalue weighted by Crippen LogP contribution is 2.38. The molecule has 29 heavy (non-hydrogen) atoms. The van der Waals surface area contributed by atoms with E-state index in [4.69, 9.17) is 49.0 Å². The number of halogens is 3. The van der Waals surface area contributed by atoms with Crippen LogP contribution in [0.2, 0.25) is 0 Å². The predicted octanol–water partition coefficient (Wildman–Crippen LogP) is 4.93. The molecule has 3 aromatic rings. The van der Waals surface area contributed by atoms with E-state index >= 15 is 0 Å². The van der Waals surface area contributed by atoms with Crippen LogP contribution in [0.1, 0.15) is 11.4 Å². The molecule has 0 spiro atoms. The van der Waals surface area contributed by atoms with Crippen molar-refractivity contribution in [3.8, 4) is 17.2 Å². The Labute approximate surface area is 182 Å². The van der Waals surface area contributed by atoms with Crippen molar-refractivity contribution >= 4 is 57.7 Å². The third-order valence-electron chi connectivity index (χ3n) is 3.93. The summed E-state index contributed by atoms with van der Waals surface area (Å²) in [5, 5.41) is 4.97. The standard InChI is InChI=1S/C19H17Cl3N4O3/c1-27-14-8-11(9-15(28-2)16(14)29-3)10-23-26-17-12-6-4-5-7-13(12)24-18(25-17)19(20,21)22/h4-10H,1-3H3,(H,24,25,26)/b23-10-. The van der Waals surface area contributed by atoms with Gasteiger partial charge < -0.3 is 14.2 Å². The largest absolute Gasteiger partial charge is 0.493 e. The Morgan fingerprint density at radius 2 is 1.62 bits per heavy atom.